The van der Waals surface area contributed by atoms with Gasteiger partial charge in [0.05, 0.1) is 30.4 Å². The Hall–Kier alpha value is -2.89. The summed E-state index contributed by atoms with van der Waals surface area (Å²) in [4.78, 5) is 14.1. The molecule has 1 amide bonds. The summed E-state index contributed by atoms with van der Waals surface area (Å²) < 4.78 is 40.5. The highest BCUT2D eigenvalue weighted by Gasteiger charge is 2.29. The number of rotatable bonds is 7. The molecule has 1 fully saturated rings. The van der Waals surface area contributed by atoms with Crippen LogP contribution < -0.4 is 5.32 Å². The number of amides is 1. The number of carbonyl (C=O) groups excluding carboxylic acids is 1. The zero-order valence-electron chi connectivity index (χ0n) is 18.0. The van der Waals surface area contributed by atoms with Gasteiger partial charge < -0.3 is 5.32 Å². The Morgan fingerprint density at radius 1 is 1.21 bits per heavy atom. The van der Waals surface area contributed by atoms with Crippen molar-refractivity contribution in [3.63, 3.8) is 0 Å². The molecule has 33 heavy (non-hydrogen) atoms. The average molecular weight is 490 g/mol. The maximum absolute atomic E-state index is 13.5. The number of nitrogens with zero attached hydrogens (tertiary/aromatic N) is 4. The van der Waals surface area contributed by atoms with Crippen LogP contribution in [-0.4, -0.2) is 64.7 Å². The topological polar surface area (TPSA) is 89.2 Å². The van der Waals surface area contributed by atoms with E-state index in [1.54, 1.807) is 33.3 Å². The van der Waals surface area contributed by atoms with Gasteiger partial charge in [-0.05, 0) is 50.0 Å². The van der Waals surface area contributed by atoms with E-state index in [0.717, 1.165) is 5.56 Å². The van der Waals surface area contributed by atoms with Crippen molar-refractivity contribution in [1.29, 1.82) is 0 Å². The lowest BCUT2D eigenvalue weighted by molar-refractivity contribution is -0.122. The highest BCUT2D eigenvalue weighted by atomic mass is 32.2. The summed E-state index contributed by atoms with van der Waals surface area (Å²) in [5.74, 6) is 0.0792. The lowest BCUT2D eigenvalue weighted by Crippen LogP contribution is -2.42. The molecule has 11 heteroatoms. The third kappa shape index (κ3) is 5.55. The first-order valence-electron chi connectivity index (χ1n) is 10.4. The quantitative estimate of drug-likeness (QED) is 0.513. The molecule has 1 aromatic heterocycles. The van der Waals surface area contributed by atoms with Gasteiger partial charge in [0.15, 0.2) is 15.7 Å². The Morgan fingerprint density at radius 2 is 1.91 bits per heavy atom. The third-order valence-corrected chi connectivity index (χ3v) is 7.50. The molecule has 1 aliphatic heterocycles. The van der Waals surface area contributed by atoms with E-state index in [0.29, 0.717) is 22.7 Å². The van der Waals surface area contributed by atoms with Crippen molar-refractivity contribution in [3.8, 4) is 17.1 Å². The van der Waals surface area contributed by atoms with Crippen LogP contribution in [-0.2, 0) is 21.3 Å². The van der Waals surface area contributed by atoms with E-state index in [4.69, 9.17) is 12.2 Å². The molecular formula is C22H24FN5O3S2. The van der Waals surface area contributed by atoms with Gasteiger partial charge in [0.1, 0.15) is 5.82 Å². The van der Waals surface area contributed by atoms with Gasteiger partial charge in [0.25, 0.3) is 0 Å². The van der Waals surface area contributed by atoms with Gasteiger partial charge in [-0.15, -0.1) is 5.10 Å². The zero-order valence-corrected chi connectivity index (χ0v) is 19.7. The van der Waals surface area contributed by atoms with Crippen molar-refractivity contribution in [1.82, 2.24) is 24.6 Å². The molecule has 2 heterocycles. The molecule has 1 saturated heterocycles. The van der Waals surface area contributed by atoms with Gasteiger partial charge >= 0.3 is 0 Å². The minimum atomic E-state index is -3.06. The summed E-state index contributed by atoms with van der Waals surface area (Å²) in [5.41, 5.74) is 1.52. The number of halogens is 1. The monoisotopic (exact) mass is 489 g/mol. The second-order valence-electron chi connectivity index (χ2n) is 8.11. The molecule has 4 rings (SSSR count). The standard InChI is InChI=1S/C22H24FN5O3S2/c1-26(13-20(29)24-18-11-12-33(30,31)14-18)15-27-22(32)28(19-9-7-17(23)8-10-19)21(25-27)16-5-3-2-4-6-16/h2-10,18H,11-15H2,1H3,(H,24,29). The summed E-state index contributed by atoms with van der Waals surface area (Å²) in [6.45, 7) is 0.297. The predicted molar refractivity (Wildman–Crippen MR) is 126 cm³/mol. The molecule has 0 aliphatic carbocycles. The maximum Gasteiger partial charge on any atom is 0.234 e. The maximum atomic E-state index is 13.5. The van der Waals surface area contributed by atoms with Crippen molar-refractivity contribution in [2.24, 2.45) is 0 Å². The second kappa shape index (κ2) is 9.54. The molecule has 0 bridgehead atoms. The number of hydrogen-bond acceptors (Lipinski definition) is 6. The molecule has 8 nitrogen and oxygen atoms in total. The SMILES string of the molecule is CN(CC(=O)NC1CCS(=O)(=O)C1)Cn1nc(-c2ccccc2)n(-c2ccc(F)cc2)c1=S. The molecular weight excluding hydrogens is 465 g/mol. The molecule has 1 aliphatic rings. The Balaban J connectivity index is 1.54. The van der Waals surface area contributed by atoms with Crippen LogP contribution >= 0.6 is 12.2 Å². The van der Waals surface area contributed by atoms with Gasteiger partial charge in [-0.2, -0.15) is 0 Å². The third-order valence-electron chi connectivity index (χ3n) is 5.34. The summed E-state index contributed by atoms with van der Waals surface area (Å²) in [7, 11) is -1.31. The van der Waals surface area contributed by atoms with Crippen LogP contribution in [0.15, 0.2) is 54.6 Å². The fourth-order valence-electron chi connectivity index (χ4n) is 3.80. The Bertz CT molecular complexity index is 1300. The average Bonchev–Trinajstić information content (AvgIpc) is 3.27. The van der Waals surface area contributed by atoms with Crippen LogP contribution in [0.4, 0.5) is 4.39 Å². The van der Waals surface area contributed by atoms with E-state index in [9.17, 15) is 17.6 Å². The molecule has 1 N–H and O–H groups in total. The van der Waals surface area contributed by atoms with Crippen molar-refractivity contribution < 1.29 is 17.6 Å². The number of carbonyl (C=O) groups is 1. The first-order chi connectivity index (χ1) is 15.7. The highest BCUT2D eigenvalue weighted by molar-refractivity contribution is 7.91. The van der Waals surface area contributed by atoms with Crippen molar-refractivity contribution in [2.45, 2.75) is 19.1 Å². The minimum Gasteiger partial charge on any atom is -0.351 e. The van der Waals surface area contributed by atoms with Crippen molar-refractivity contribution in [3.05, 3.63) is 65.2 Å². The summed E-state index contributed by atoms with van der Waals surface area (Å²) in [5, 5.41) is 7.46. The van der Waals surface area contributed by atoms with E-state index >= 15 is 0 Å². The van der Waals surface area contributed by atoms with Gasteiger partial charge in [0, 0.05) is 11.6 Å². The Labute approximate surface area is 196 Å². The van der Waals surface area contributed by atoms with Crippen LogP contribution in [0.5, 0.6) is 0 Å². The molecule has 2 aromatic carbocycles. The summed E-state index contributed by atoms with van der Waals surface area (Å²) >= 11 is 5.68. The number of benzene rings is 2. The molecule has 0 saturated carbocycles. The van der Waals surface area contributed by atoms with Gasteiger partial charge in [-0.25, -0.2) is 17.5 Å². The van der Waals surface area contributed by atoms with E-state index in [-0.39, 0.29) is 42.5 Å². The molecule has 0 radical (unpaired) electrons. The largest absolute Gasteiger partial charge is 0.351 e. The van der Waals surface area contributed by atoms with Crippen LogP contribution in [0.3, 0.4) is 0 Å². The van der Waals surface area contributed by atoms with Crippen LogP contribution in [0.2, 0.25) is 0 Å². The predicted octanol–water partition coefficient (Wildman–Crippen LogP) is 2.40. The molecule has 3 aromatic rings. The first-order valence-corrected chi connectivity index (χ1v) is 12.6. The minimum absolute atomic E-state index is 0.0178. The van der Waals surface area contributed by atoms with E-state index < -0.39 is 9.84 Å². The smallest absolute Gasteiger partial charge is 0.234 e. The first kappa shape index (κ1) is 23.3. The lowest BCUT2D eigenvalue weighted by atomic mass is 10.2. The zero-order chi connectivity index (χ0) is 23.6. The second-order valence-corrected chi connectivity index (χ2v) is 10.7. The lowest BCUT2D eigenvalue weighted by Gasteiger charge is -2.18. The van der Waals surface area contributed by atoms with Gasteiger partial charge in [-0.3, -0.25) is 14.3 Å². The van der Waals surface area contributed by atoms with E-state index in [1.165, 1.54) is 12.1 Å². The highest BCUT2D eigenvalue weighted by Crippen LogP contribution is 2.23. The summed E-state index contributed by atoms with van der Waals surface area (Å²) in [6.07, 6.45) is 0.436. The Morgan fingerprint density at radius 3 is 2.55 bits per heavy atom. The number of nitrogens with one attached hydrogen (secondary N) is 1. The molecule has 174 valence electrons. The number of aromatic nitrogens is 3. The molecule has 1 atom stereocenters. The normalized spacial score (nSPS) is 17.4. The fraction of sp³-hybridized carbons (Fsp3) is 0.318. The van der Waals surface area contributed by atoms with Crippen LogP contribution in [0.25, 0.3) is 17.1 Å². The molecule has 1 unspecified atom stereocenters. The van der Waals surface area contributed by atoms with E-state index in [2.05, 4.69) is 10.4 Å². The number of likely N-dealkylation sites (N-methyl/N-ethyl adjacent to an activating group) is 1. The van der Waals surface area contributed by atoms with Crippen LogP contribution in [0.1, 0.15) is 6.42 Å². The van der Waals surface area contributed by atoms with Gasteiger partial charge in [-0.1, -0.05) is 30.3 Å². The van der Waals surface area contributed by atoms with Crippen molar-refractivity contribution in [2.75, 3.05) is 25.1 Å². The van der Waals surface area contributed by atoms with Crippen molar-refractivity contribution >= 4 is 28.0 Å². The van der Waals surface area contributed by atoms with Crippen LogP contribution in [0, 0.1) is 10.6 Å². The van der Waals surface area contributed by atoms with Gasteiger partial charge in [0.2, 0.25) is 10.7 Å². The number of hydrogen-bond donors (Lipinski definition) is 1. The van der Waals surface area contributed by atoms with E-state index in [1.807, 2.05) is 30.3 Å². The number of sulfone groups is 1. The fourth-order valence-corrected chi connectivity index (χ4v) is 5.77. The Kier molecular flexibility index (Phi) is 6.73. The molecule has 0 spiro atoms. The summed E-state index contributed by atoms with van der Waals surface area (Å²) in [6, 6.07) is 15.2.